The minimum atomic E-state index is -0.364. The van der Waals surface area contributed by atoms with Gasteiger partial charge in [0.15, 0.2) is 5.82 Å². The second-order valence-electron chi connectivity index (χ2n) is 6.79. The average molecular weight is 403 g/mol. The molecule has 3 aromatic carbocycles. The van der Waals surface area contributed by atoms with Gasteiger partial charge in [0.1, 0.15) is 0 Å². The number of carbonyl (C=O) groups excluding carboxylic acids is 1. The summed E-state index contributed by atoms with van der Waals surface area (Å²) in [4.78, 5) is 17.4. The number of para-hydroxylation sites is 1. The topological polar surface area (TPSA) is 59.8 Å². The van der Waals surface area contributed by atoms with E-state index in [9.17, 15) is 4.79 Å². The van der Waals surface area contributed by atoms with Gasteiger partial charge in [-0.05, 0) is 55.3 Å². The molecule has 1 amide bonds. The van der Waals surface area contributed by atoms with Gasteiger partial charge in [-0.1, -0.05) is 54.1 Å². The highest BCUT2D eigenvalue weighted by Gasteiger charge is 2.19. The lowest BCUT2D eigenvalue weighted by Crippen LogP contribution is -2.15. The van der Waals surface area contributed by atoms with E-state index in [0.717, 1.165) is 28.1 Å². The number of benzene rings is 3. The largest absolute Gasteiger partial charge is 0.319 e. The van der Waals surface area contributed by atoms with Gasteiger partial charge in [0, 0.05) is 16.3 Å². The molecule has 0 spiro atoms. The number of halogens is 1. The molecule has 1 aromatic heterocycles. The zero-order valence-corrected chi connectivity index (χ0v) is 16.8. The van der Waals surface area contributed by atoms with Crippen LogP contribution in [-0.4, -0.2) is 20.7 Å². The van der Waals surface area contributed by atoms with Gasteiger partial charge in [0.05, 0.1) is 5.69 Å². The third kappa shape index (κ3) is 4.05. The predicted molar refractivity (Wildman–Crippen MR) is 116 cm³/mol. The Kier molecular flexibility index (Phi) is 5.14. The maximum atomic E-state index is 12.9. The Morgan fingerprint density at radius 3 is 2.52 bits per heavy atom. The van der Waals surface area contributed by atoms with Crippen LogP contribution in [0.4, 0.5) is 5.69 Å². The van der Waals surface area contributed by atoms with Crippen LogP contribution in [0.25, 0.3) is 17.1 Å². The summed E-state index contributed by atoms with van der Waals surface area (Å²) < 4.78 is 1.66. The van der Waals surface area contributed by atoms with Crippen LogP contribution in [0.3, 0.4) is 0 Å². The summed E-state index contributed by atoms with van der Waals surface area (Å²) in [5, 5.41) is 7.99. The molecular formula is C23H19ClN4O. The van der Waals surface area contributed by atoms with Crippen molar-refractivity contribution in [2.45, 2.75) is 13.8 Å². The Labute approximate surface area is 174 Å². The van der Waals surface area contributed by atoms with Crippen LogP contribution >= 0.6 is 11.6 Å². The van der Waals surface area contributed by atoms with Crippen molar-refractivity contribution < 1.29 is 4.79 Å². The molecule has 29 heavy (non-hydrogen) atoms. The minimum absolute atomic E-state index is 0.0877. The molecule has 0 radical (unpaired) electrons. The maximum Gasteiger partial charge on any atom is 0.295 e. The van der Waals surface area contributed by atoms with Gasteiger partial charge in [-0.25, -0.2) is 9.67 Å². The number of anilines is 1. The first-order chi connectivity index (χ1) is 14.0. The predicted octanol–water partition coefficient (Wildman–Crippen LogP) is 5.46. The van der Waals surface area contributed by atoms with Crippen LogP contribution in [0.15, 0.2) is 72.8 Å². The van der Waals surface area contributed by atoms with Gasteiger partial charge in [-0.3, -0.25) is 4.79 Å². The fourth-order valence-corrected chi connectivity index (χ4v) is 3.21. The number of amides is 1. The highest BCUT2D eigenvalue weighted by Crippen LogP contribution is 2.24. The SMILES string of the molecule is Cc1ccc(C)c(NC(=O)c2nc(-c3cccc(Cl)c3)n(-c3ccccc3)n2)c1. The number of carbonyl (C=O) groups is 1. The molecule has 5 nitrogen and oxygen atoms in total. The highest BCUT2D eigenvalue weighted by atomic mass is 35.5. The van der Waals surface area contributed by atoms with Crippen LogP contribution in [0.1, 0.15) is 21.7 Å². The number of aromatic nitrogens is 3. The van der Waals surface area contributed by atoms with E-state index in [1.807, 2.05) is 74.5 Å². The van der Waals surface area contributed by atoms with Gasteiger partial charge >= 0.3 is 0 Å². The molecule has 0 saturated heterocycles. The molecule has 1 heterocycles. The van der Waals surface area contributed by atoms with Gasteiger partial charge in [-0.15, -0.1) is 5.10 Å². The molecule has 0 saturated carbocycles. The Morgan fingerprint density at radius 1 is 0.966 bits per heavy atom. The number of aryl methyl sites for hydroxylation is 2. The molecule has 4 aromatic rings. The standard InChI is InChI=1S/C23H19ClN4O/c1-15-11-12-16(2)20(13-15)25-23(29)21-26-22(17-7-6-8-18(24)14-17)28(27-21)19-9-4-3-5-10-19/h3-14H,1-2H3,(H,25,29). The summed E-state index contributed by atoms with van der Waals surface area (Å²) in [6.07, 6.45) is 0. The second-order valence-corrected chi connectivity index (χ2v) is 7.23. The Hall–Kier alpha value is -3.44. The molecule has 0 bridgehead atoms. The first-order valence-electron chi connectivity index (χ1n) is 9.18. The summed E-state index contributed by atoms with van der Waals surface area (Å²) in [5.41, 5.74) is 4.37. The fraction of sp³-hybridized carbons (Fsp3) is 0.0870. The summed E-state index contributed by atoms with van der Waals surface area (Å²) in [5.74, 6) is 0.270. The van der Waals surface area contributed by atoms with E-state index >= 15 is 0 Å². The Bertz CT molecular complexity index is 1180. The van der Waals surface area contributed by atoms with E-state index in [-0.39, 0.29) is 11.7 Å². The molecule has 0 unspecified atom stereocenters. The lowest BCUT2D eigenvalue weighted by Gasteiger charge is -2.07. The van der Waals surface area contributed by atoms with Crippen LogP contribution in [0.5, 0.6) is 0 Å². The van der Waals surface area contributed by atoms with Crippen molar-refractivity contribution in [1.29, 1.82) is 0 Å². The van der Waals surface area contributed by atoms with Gasteiger partial charge in [-0.2, -0.15) is 0 Å². The van der Waals surface area contributed by atoms with Crippen molar-refractivity contribution >= 4 is 23.2 Å². The van der Waals surface area contributed by atoms with Gasteiger partial charge in [0.2, 0.25) is 5.82 Å². The lowest BCUT2D eigenvalue weighted by atomic mass is 10.1. The highest BCUT2D eigenvalue weighted by molar-refractivity contribution is 6.30. The van der Waals surface area contributed by atoms with Crippen molar-refractivity contribution in [3.05, 3.63) is 94.8 Å². The maximum absolute atomic E-state index is 12.9. The molecule has 0 fully saturated rings. The first kappa shape index (κ1) is 18.9. The fourth-order valence-electron chi connectivity index (χ4n) is 3.02. The first-order valence-corrected chi connectivity index (χ1v) is 9.56. The summed E-state index contributed by atoms with van der Waals surface area (Å²) >= 11 is 6.17. The number of nitrogens with zero attached hydrogens (tertiary/aromatic N) is 3. The summed E-state index contributed by atoms with van der Waals surface area (Å²) in [7, 11) is 0. The minimum Gasteiger partial charge on any atom is -0.319 e. The second kappa shape index (κ2) is 7.89. The van der Waals surface area contributed by atoms with Crippen LogP contribution < -0.4 is 5.32 Å². The molecule has 0 aliphatic carbocycles. The van der Waals surface area contributed by atoms with Crippen LogP contribution in [-0.2, 0) is 0 Å². The average Bonchev–Trinajstić information content (AvgIpc) is 3.17. The van der Waals surface area contributed by atoms with E-state index in [2.05, 4.69) is 15.4 Å². The molecule has 4 rings (SSSR count). The Morgan fingerprint density at radius 2 is 1.76 bits per heavy atom. The molecule has 6 heteroatoms. The van der Waals surface area contributed by atoms with E-state index in [4.69, 9.17) is 11.6 Å². The zero-order valence-electron chi connectivity index (χ0n) is 16.1. The third-order valence-electron chi connectivity index (χ3n) is 4.54. The van der Waals surface area contributed by atoms with Crippen molar-refractivity contribution in [3.63, 3.8) is 0 Å². The van der Waals surface area contributed by atoms with E-state index in [1.54, 1.807) is 16.8 Å². The van der Waals surface area contributed by atoms with Crippen LogP contribution in [0, 0.1) is 13.8 Å². The lowest BCUT2D eigenvalue weighted by molar-refractivity contribution is 0.101. The van der Waals surface area contributed by atoms with Crippen molar-refractivity contribution in [3.8, 4) is 17.1 Å². The smallest absolute Gasteiger partial charge is 0.295 e. The van der Waals surface area contributed by atoms with Crippen molar-refractivity contribution in [2.75, 3.05) is 5.32 Å². The van der Waals surface area contributed by atoms with Gasteiger partial charge in [0.25, 0.3) is 5.91 Å². The monoisotopic (exact) mass is 402 g/mol. The molecule has 0 aliphatic heterocycles. The van der Waals surface area contributed by atoms with E-state index < -0.39 is 0 Å². The normalized spacial score (nSPS) is 10.7. The molecule has 0 aliphatic rings. The van der Waals surface area contributed by atoms with E-state index in [0.29, 0.717) is 10.8 Å². The van der Waals surface area contributed by atoms with Crippen molar-refractivity contribution in [1.82, 2.24) is 14.8 Å². The molecule has 1 N–H and O–H groups in total. The quantitative estimate of drug-likeness (QED) is 0.493. The Balaban J connectivity index is 1.77. The summed E-state index contributed by atoms with van der Waals surface area (Å²) in [6.45, 7) is 3.93. The zero-order chi connectivity index (χ0) is 20.4. The van der Waals surface area contributed by atoms with Gasteiger partial charge < -0.3 is 5.32 Å². The number of nitrogens with one attached hydrogen (secondary N) is 1. The van der Waals surface area contributed by atoms with Crippen molar-refractivity contribution in [2.24, 2.45) is 0 Å². The number of rotatable bonds is 4. The third-order valence-corrected chi connectivity index (χ3v) is 4.77. The molecule has 144 valence electrons. The number of hydrogen-bond acceptors (Lipinski definition) is 3. The van der Waals surface area contributed by atoms with Crippen LogP contribution in [0.2, 0.25) is 5.02 Å². The van der Waals surface area contributed by atoms with E-state index in [1.165, 1.54) is 0 Å². The summed E-state index contributed by atoms with van der Waals surface area (Å²) in [6, 6.07) is 22.8. The molecule has 0 atom stereocenters. The molecular weight excluding hydrogens is 384 g/mol. The number of hydrogen-bond donors (Lipinski definition) is 1.